The Balaban J connectivity index is 0.000000300. The maximum atomic E-state index is 10.4. The minimum absolute atomic E-state index is 0.421. The van der Waals surface area contributed by atoms with Gasteiger partial charge < -0.3 is 15.8 Å². The van der Waals surface area contributed by atoms with Crippen molar-refractivity contribution in [2.45, 2.75) is 0 Å². The van der Waals surface area contributed by atoms with Crippen LogP contribution in [0.1, 0.15) is 0 Å². The van der Waals surface area contributed by atoms with Gasteiger partial charge in [-0.2, -0.15) is 0 Å². The first kappa shape index (κ1) is 18.4. The molecule has 0 unspecified atom stereocenters. The molecule has 1 aromatic heterocycles. The molecule has 14 heteroatoms. The number of anilines is 1. The molecular weight excluding hydrogens is 348 g/mol. The molecule has 0 aliphatic heterocycles. The highest BCUT2D eigenvalue weighted by atomic mass is 32.1. The van der Waals surface area contributed by atoms with Gasteiger partial charge in [-0.05, 0) is 18.3 Å². The zero-order chi connectivity index (χ0) is 18.4. The summed E-state index contributed by atoms with van der Waals surface area (Å²) < 4.78 is 0.421. The molecule has 0 bridgehead atoms. The lowest BCUT2D eigenvalue weighted by atomic mass is 10.2. The summed E-state index contributed by atoms with van der Waals surface area (Å²) in [7, 11) is 0. The molecule has 2 rings (SSSR count). The summed E-state index contributed by atoms with van der Waals surface area (Å²) in [6.45, 7) is 0. The molecule has 0 amide bonds. The van der Waals surface area contributed by atoms with Gasteiger partial charge in [-0.15, -0.1) is 0 Å². The Labute approximate surface area is 136 Å². The number of nitrogens with two attached hydrogens (primary N) is 1. The normalized spacial score (nSPS) is 9.50. The van der Waals surface area contributed by atoms with Crippen LogP contribution in [0.2, 0.25) is 0 Å². The summed E-state index contributed by atoms with van der Waals surface area (Å²) in [4.78, 5) is 34.1. The van der Waals surface area contributed by atoms with E-state index in [2.05, 4.69) is 22.2 Å². The molecule has 1 heterocycles. The molecule has 4 N–H and O–H groups in total. The van der Waals surface area contributed by atoms with Crippen LogP contribution in [0, 0.1) is 35.1 Å². The Morgan fingerprint density at radius 3 is 1.88 bits per heavy atom. The van der Waals surface area contributed by atoms with E-state index in [4.69, 9.17) is 10.8 Å². The number of hydrogen-bond donors (Lipinski definition) is 3. The number of phenols is 1. The van der Waals surface area contributed by atoms with Crippen molar-refractivity contribution in [3.63, 3.8) is 0 Å². The van der Waals surface area contributed by atoms with Gasteiger partial charge in [0.1, 0.15) is 5.82 Å². The van der Waals surface area contributed by atoms with Gasteiger partial charge >= 0.3 is 11.4 Å². The van der Waals surface area contributed by atoms with E-state index in [1.54, 1.807) is 12.3 Å². The summed E-state index contributed by atoms with van der Waals surface area (Å²) in [5.41, 5.74) is 2.29. The van der Waals surface area contributed by atoms with E-state index in [9.17, 15) is 30.3 Å². The van der Waals surface area contributed by atoms with Crippen LogP contribution >= 0.6 is 12.2 Å². The topological polar surface area (TPSA) is 204 Å². The SMILES string of the molecule is Nc1ccnc(=S)[nH]1.O=[N+]([O-])c1cc([N+](=O)[O-])c(O)c([N+](=O)[O-])c1. The standard InChI is InChI=1S/C6H3N3O7.C4H5N3S/c10-6-4(8(13)14)1-3(7(11)12)2-5(6)9(15)16;5-3-1-2-6-4(8)7-3/h1-2,10H;1-2H,(H3,5,6,7,8). The van der Waals surface area contributed by atoms with Gasteiger partial charge in [0.05, 0.1) is 26.9 Å². The second-order valence-corrected chi connectivity index (χ2v) is 4.32. The van der Waals surface area contributed by atoms with Crippen molar-refractivity contribution in [1.29, 1.82) is 0 Å². The number of aromatic hydroxyl groups is 1. The van der Waals surface area contributed by atoms with Crippen LogP contribution < -0.4 is 5.73 Å². The van der Waals surface area contributed by atoms with Gasteiger partial charge in [-0.25, -0.2) is 4.98 Å². The first-order valence-electron chi connectivity index (χ1n) is 5.74. The van der Waals surface area contributed by atoms with Crippen LogP contribution in [0.15, 0.2) is 24.4 Å². The minimum Gasteiger partial charge on any atom is -0.497 e. The van der Waals surface area contributed by atoms with E-state index in [-0.39, 0.29) is 0 Å². The first-order chi connectivity index (χ1) is 11.1. The van der Waals surface area contributed by atoms with E-state index >= 15 is 0 Å². The summed E-state index contributed by atoms with van der Waals surface area (Å²) in [5, 5.41) is 40.2. The number of nitrogen functional groups attached to an aromatic ring is 1. The summed E-state index contributed by atoms with van der Waals surface area (Å²) in [6, 6.07) is 2.54. The second-order valence-electron chi connectivity index (χ2n) is 3.93. The Bertz CT molecular complexity index is 832. The predicted molar refractivity (Wildman–Crippen MR) is 81.9 cm³/mol. The number of nitrogens with zero attached hydrogens (tertiary/aromatic N) is 4. The summed E-state index contributed by atoms with van der Waals surface area (Å²) >= 11 is 4.65. The zero-order valence-corrected chi connectivity index (χ0v) is 12.3. The lowest BCUT2D eigenvalue weighted by molar-refractivity contribution is -0.404. The van der Waals surface area contributed by atoms with Crippen molar-refractivity contribution in [1.82, 2.24) is 9.97 Å². The van der Waals surface area contributed by atoms with Gasteiger partial charge in [0.15, 0.2) is 4.77 Å². The van der Waals surface area contributed by atoms with Gasteiger partial charge in [-0.3, -0.25) is 30.3 Å². The monoisotopic (exact) mass is 356 g/mol. The number of nitrogens with one attached hydrogen (secondary N) is 1. The fourth-order valence-corrected chi connectivity index (χ4v) is 1.53. The Morgan fingerprint density at radius 2 is 1.58 bits per heavy atom. The molecule has 126 valence electrons. The highest BCUT2D eigenvalue weighted by molar-refractivity contribution is 7.71. The highest BCUT2D eigenvalue weighted by Crippen LogP contribution is 2.38. The molecule has 0 aliphatic rings. The number of non-ortho nitro benzene ring substituents is 1. The van der Waals surface area contributed by atoms with Gasteiger partial charge in [-0.1, -0.05) is 0 Å². The molecule has 0 atom stereocenters. The molecule has 24 heavy (non-hydrogen) atoms. The van der Waals surface area contributed by atoms with Crippen LogP contribution in [0.5, 0.6) is 5.75 Å². The molecule has 2 aromatic rings. The number of H-pyrrole nitrogens is 1. The van der Waals surface area contributed by atoms with Crippen molar-refractivity contribution in [2.75, 3.05) is 5.73 Å². The fraction of sp³-hybridized carbons (Fsp3) is 0. The third kappa shape index (κ3) is 4.67. The van der Waals surface area contributed by atoms with Crippen LogP contribution in [0.25, 0.3) is 0 Å². The number of aromatic nitrogens is 2. The largest absolute Gasteiger partial charge is 0.497 e. The minimum atomic E-state index is -1.21. The van der Waals surface area contributed by atoms with Crippen LogP contribution in [-0.2, 0) is 0 Å². The summed E-state index contributed by atoms with van der Waals surface area (Å²) in [6.07, 6.45) is 1.56. The molecule has 0 radical (unpaired) electrons. The average Bonchev–Trinajstić information content (AvgIpc) is 2.46. The third-order valence-electron chi connectivity index (χ3n) is 2.36. The molecule has 0 fully saturated rings. The number of rotatable bonds is 3. The Hall–Kier alpha value is -3.68. The molecule has 0 aliphatic carbocycles. The van der Waals surface area contributed by atoms with Crippen LogP contribution in [-0.4, -0.2) is 29.8 Å². The number of benzene rings is 1. The average molecular weight is 356 g/mol. The molecular formula is C10H8N6O7S. The number of nitro benzene ring substituents is 3. The molecule has 0 saturated heterocycles. The van der Waals surface area contributed by atoms with E-state index in [0.29, 0.717) is 22.7 Å². The van der Waals surface area contributed by atoms with E-state index in [1.807, 2.05) is 0 Å². The first-order valence-corrected chi connectivity index (χ1v) is 6.15. The van der Waals surface area contributed by atoms with E-state index < -0.39 is 37.6 Å². The zero-order valence-electron chi connectivity index (χ0n) is 11.5. The lowest BCUT2D eigenvalue weighted by Gasteiger charge is -1.97. The summed E-state index contributed by atoms with van der Waals surface area (Å²) in [5.74, 6) is -0.661. The van der Waals surface area contributed by atoms with Crippen molar-refractivity contribution < 1.29 is 19.9 Å². The maximum Gasteiger partial charge on any atom is 0.324 e. The van der Waals surface area contributed by atoms with Gasteiger partial charge in [0, 0.05) is 6.20 Å². The van der Waals surface area contributed by atoms with E-state index in [0.717, 1.165) is 0 Å². The van der Waals surface area contributed by atoms with Gasteiger partial charge in [0.25, 0.3) is 11.4 Å². The van der Waals surface area contributed by atoms with Crippen molar-refractivity contribution in [2.24, 2.45) is 0 Å². The smallest absolute Gasteiger partial charge is 0.324 e. The molecule has 0 saturated carbocycles. The highest BCUT2D eigenvalue weighted by Gasteiger charge is 2.30. The van der Waals surface area contributed by atoms with Crippen molar-refractivity contribution in [3.8, 4) is 5.75 Å². The molecule has 0 spiro atoms. The predicted octanol–water partition coefficient (Wildman–Crippen LogP) is 1.84. The Morgan fingerprint density at radius 1 is 1.08 bits per heavy atom. The number of aromatic amines is 1. The quantitative estimate of drug-likeness (QED) is 0.413. The Kier molecular flexibility index (Phi) is 5.77. The van der Waals surface area contributed by atoms with E-state index in [1.165, 1.54) is 0 Å². The van der Waals surface area contributed by atoms with Crippen LogP contribution in [0.3, 0.4) is 0 Å². The second kappa shape index (κ2) is 7.54. The maximum absolute atomic E-state index is 10.4. The molecule has 1 aromatic carbocycles. The van der Waals surface area contributed by atoms with Gasteiger partial charge in [0.2, 0.25) is 0 Å². The van der Waals surface area contributed by atoms with Crippen LogP contribution in [0.4, 0.5) is 22.9 Å². The lowest BCUT2D eigenvalue weighted by Crippen LogP contribution is -1.97. The third-order valence-corrected chi connectivity index (χ3v) is 2.56. The molecule has 13 nitrogen and oxygen atoms in total. The number of nitro groups is 3. The number of hydrogen-bond acceptors (Lipinski definition) is 10. The fourth-order valence-electron chi connectivity index (χ4n) is 1.36. The number of phenolic OH excluding ortho intramolecular Hbond substituents is 1. The van der Waals surface area contributed by atoms with Crippen molar-refractivity contribution >= 4 is 35.1 Å². The van der Waals surface area contributed by atoms with Crippen molar-refractivity contribution in [3.05, 3.63) is 59.5 Å².